The molecule has 1 saturated heterocycles. The molecule has 0 saturated carbocycles. The minimum Gasteiger partial charge on any atom is -0.561 e. The van der Waals surface area contributed by atoms with E-state index in [1.165, 1.54) is 4.90 Å². The van der Waals surface area contributed by atoms with Crippen LogP contribution in [-0.2, 0) is 48.6 Å². The van der Waals surface area contributed by atoms with Crippen LogP contribution in [0, 0.1) is 0 Å². The summed E-state index contributed by atoms with van der Waals surface area (Å²) in [5.74, 6) is -0.921. The fourth-order valence-corrected chi connectivity index (χ4v) is 4.12. The third-order valence-electron chi connectivity index (χ3n) is 5.81. The Balaban J connectivity index is 0.00000274. The predicted octanol–water partition coefficient (Wildman–Crippen LogP) is 3.64. The Kier molecular flexibility index (Phi) is 7.20. The molecule has 0 spiro atoms. The summed E-state index contributed by atoms with van der Waals surface area (Å²) in [6.45, 7) is 0.549. The molecule has 3 aromatic rings. The summed E-state index contributed by atoms with van der Waals surface area (Å²) in [5, 5.41) is 2.31. The Bertz CT molecular complexity index is 1230. The first-order chi connectivity index (χ1) is 16.1. The molecule has 1 aromatic heterocycles. The number of carbonyl (C=O) groups excluding carboxylic acids is 3. The average molecular weight is 625 g/mol. The number of carbonyl (C=O) groups is 3. The fraction of sp³-hybridized carbons (Fsp3) is 0.200. The number of nitrogens with one attached hydrogen (secondary N) is 1. The normalized spacial score (nSPS) is 17.1. The van der Waals surface area contributed by atoms with Crippen molar-refractivity contribution in [3.63, 3.8) is 0 Å². The van der Waals surface area contributed by atoms with E-state index in [2.05, 4.69) is 15.8 Å². The Morgan fingerprint density at radius 1 is 1.06 bits per heavy atom. The summed E-state index contributed by atoms with van der Waals surface area (Å²) in [7, 11) is 0. The number of hydrogen-bond acceptors (Lipinski definition) is 5. The van der Waals surface area contributed by atoms with Crippen LogP contribution in [-0.4, -0.2) is 33.6 Å². The zero-order valence-electron chi connectivity index (χ0n) is 18.1. The summed E-state index contributed by atoms with van der Waals surface area (Å²) in [5.41, 5.74) is 8.83. The van der Waals surface area contributed by atoms with E-state index in [-0.39, 0.29) is 45.9 Å². The molecule has 3 amide bonds. The van der Waals surface area contributed by atoms with Crippen LogP contribution >= 0.6 is 0 Å². The topological polar surface area (TPSA) is 103 Å². The predicted molar refractivity (Wildman–Crippen MR) is 120 cm³/mol. The van der Waals surface area contributed by atoms with Crippen LogP contribution < -0.4 is 5.32 Å². The second-order valence-electron chi connectivity index (χ2n) is 8.02. The van der Waals surface area contributed by atoms with Gasteiger partial charge in [0.25, 0.3) is 5.91 Å². The number of imide groups is 1. The van der Waals surface area contributed by atoms with E-state index in [0.29, 0.717) is 24.2 Å². The van der Waals surface area contributed by atoms with Crippen LogP contribution in [0.4, 0.5) is 5.69 Å². The standard InChI is InChI=1S/C25H22N4O4.W/c30-23-9-8-22(24(31)27-23)29-14-18-7-6-16(12-20(18)25(29)32)15-33-28-19-10-11-26-21(13-19)17-4-2-1-3-5-17;/h1-7,10-13,22H,8-9,14-15H2,(H2,26,27,28,30,31);/p-1. The quantitative estimate of drug-likeness (QED) is 0.333. The van der Waals surface area contributed by atoms with Gasteiger partial charge in [0.2, 0.25) is 11.8 Å². The van der Waals surface area contributed by atoms with E-state index in [1.54, 1.807) is 18.3 Å². The molecule has 0 aliphatic carbocycles. The molecule has 0 bridgehead atoms. The minimum absolute atomic E-state index is 0. The van der Waals surface area contributed by atoms with Crippen LogP contribution in [0.5, 0.6) is 0 Å². The van der Waals surface area contributed by atoms with Crippen molar-refractivity contribution < 1.29 is 40.3 Å². The number of rotatable bonds is 6. The number of nitrogens with zero attached hydrogens (tertiary/aromatic N) is 3. The Labute approximate surface area is 210 Å². The van der Waals surface area contributed by atoms with Gasteiger partial charge in [0.1, 0.15) is 6.04 Å². The second kappa shape index (κ2) is 10.3. The first-order valence-electron chi connectivity index (χ1n) is 10.7. The van der Waals surface area contributed by atoms with Crippen LogP contribution in [0.3, 0.4) is 0 Å². The van der Waals surface area contributed by atoms with Gasteiger partial charge >= 0.3 is 0 Å². The van der Waals surface area contributed by atoms with Gasteiger partial charge in [0, 0.05) is 51.4 Å². The van der Waals surface area contributed by atoms with E-state index in [9.17, 15) is 14.4 Å². The minimum atomic E-state index is -0.622. The van der Waals surface area contributed by atoms with Crippen LogP contribution in [0.25, 0.3) is 16.7 Å². The third-order valence-corrected chi connectivity index (χ3v) is 5.81. The fourth-order valence-electron chi connectivity index (χ4n) is 4.12. The van der Waals surface area contributed by atoms with Crippen molar-refractivity contribution in [2.24, 2.45) is 0 Å². The van der Waals surface area contributed by atoms with Gasteiger partial charge in [0.15, 0.2) is 0 Å². The monoisotopic (exact) mass is 625 g/mol. The van der Waals surface area contributed by atoms with Gasteiger partial charge in [-0.1, -0.05) is 48.5 Å². The van der Waals surface area contributed by atoms with Gasteiger partial charge in [0.05, 0.1) is 12.3 Å². The maximum absolute atomic E-state index is 12.9. The molecule has 1 N–H and O–H groups in total. The molecule has 2 aromatic carbocycles. The van der Waals surface area contributed by atoms with E-state index in [1.807, 2.05) is 48.5 Å². The van der Waals surface area contributed by atoms with Crippen molar-refractivity contribution in [1.29, 1.82) is 0 Å². The van der Waals surface area contributed by atoms with E-state index in [0.717, 1.165) is 22.4 Å². The van der Waals surface area contributed by atoms with Crippen LogP contribution in [0.15, 0.2) is 66.9 Å². The Morgan fingerprint density at radius 2 is 1.88 bits per heavy atom. The Morgan fingerprint density at radius 3 is 2.68 bits per heavy atom. The number of hydrogen-bond donors (Lipinski definition) is 1. The molecule has 2 aliphatic rings. The van der Waals surface area contributed by atoms with Crippen LogP contribution in [0.2, 0.25) is 0 Å². The summed E-state index contributed by atoms with van der Waals surface area (Å²) < 4.78 is 0. The molecule has 0 radical (unpaired) electrons. The van der Waals surface area contributed by atoms with Crippen molar-refractivity contribution >= 4 is 23.4 Å². The number of piperidine rings is 1. The van der Waals surface area contributed by atoms with Gasteiger partial charge in [-0.05, 0) is 29.7 Å². The molecule has 2 aliphatic heterocycles. The number of amides is 3. The molecular formula is C25H21N4O4W-. The van der Waals surface area contributed by atoms with E-state index < -0.39 is 11.9 Å². The molecule has 8 nitrogen and oxygen atoms in total. The molecule has 1 unspecified atom stereocenters. The maximum atomic E-state index is 12.9. The number of pyridine rings is 1. The van der Waals surface area contributed by atoms with Crippen molar-refractivity contribution in [2.75, 3.05) is 0 Å². The molecule has 3 heterocycles. The molecule has 1 fully saturated rings. The smallest absolute Gasteiger partial charge is 0.255 e. The third kappa shape index (κ3) is 4.93. The van der Waals surface area contributed by atoms with Crippen molar-refractivity contribution in [3.8, 4) is 11.3 Å². The first-order valence-corrected chi connectivity index (χ1v) is 10.7. The van der Waals surface area contributed by atoms with E-state index in [4.69, 9.17) is 4.84 Å². The first kappa shape index (κ1) is 23.8. The van der Waals surface area contributed by atoms with E-state index >= 15 is 0 Å². The molecular weight excluding hydrogens is 604 g/mol. The van der Waals surface area contributed by atoms with Gasteiger partial charge < -0.3 is 15.2 Å². The van der Waals surface area contributed by atoms with Gasteiger partial charge in [-0.25, -0.2) is 0 Å². The number of aromatic nitrogens is 1. The molecule has 172 valence electrons. The zero-order valence-corrected chi connectivity index (χ0v) is 21.1. The average Bonchev–Trinajstić information content (AvgIpc) is 3.15. The van der Waals surface area contributed by atoms with Crippen molar-refractivity contribution in [2.45, 2.75) is 32.0 Å². The number of fused-ring (bicyclic) bond motifs is 1. The van der Waals surface area contributed by atoms with Crippen molar-refractivity contribution in [1.82, 2.24) is 15.2 Å². The SMILES string of the molecule is O=C1CCC(N2Cc3ccc(CO[N-]c4ccnc(-c5ccccc5)c4)cc3C2=O)C(=O)N1.[W]. The van der Waals surface area contributed by atoms with Crippen LogP contribution in [0.1, 0.15) is 34.3 Å². The molecule has 9 heteroatoms. The zero-order chi connectivity index (χ0) is 22.8. The molecule has 1 atom stereocenters. The summed E-state index contributed by atoms with van der Waals surface area (Å²) in [4.78, 5) is 48.0. The Hall–Kier alpha value is -3.35. The van der Waals surface area contributed by atoms with Gasteiger partial charge in [-0.15, -0.1) is 5.69 Å². The number of benzene rings is 2. The van der Waals surface area contributed by atoms with Gasteiger partial charge in [-0.3, -0.25) is 24.7 Å². The van der Waals surface area contributed by atoms with Gasteiger partial charge in [-0.2, -0.15) is 0 Å². The maximum Gasteiger partial charge on any atom is 0.255 e. The largest absolute Gasteiger partial charge is 0.561 e. The molecule has 5 rings (SSSR count). The summed E-state index contributed by atoms with van der Waals surface area (Å²) in [6, 6.07) is 18.3. The molecule has 34 heavy (non-hydrogen) atoms. The van der Waals surface area contributed by atoms with Crippen molar-refractivity contribution in [3.05, 3.63) is 89.0 Å². The summed E-state index contributed by atoms with van der Waals surface area (Å²) >= 11 is 0. The second-order valence-corrected chi connectivity index (χ2v) is 8.02. The summed E-state index contributed by atoms with van der Waals surface area (Å²) in [6.07, 6.45) is 2.26.